The van der Waals surface area contributed by atoms with Gasteiger partial charge in [-0.25, -0.2) is 4.39 Å². The van der Waals surface area contributed by atoms with E-state index in [9.17, 15) is 18.8 Å². The number of esters is 2. The van der Waals surface area contributed by atoms with Gasteiger partial charge in [-0.05, 0) is 28.8 Å². The number of hydrogen-bond acceptors (Lipinski definition) is 7. The molecule has 0 aliphatic carbocycles. The predicted octanol–water partition coefficient (Wildman–Crippen LogP) is 4.12. The fourth-order valence-electron chi connectivity index (χ4n) is 5.50. The lowest BCUT2D eigenvalue weighted by atomic mass is 9.64. The van der Waals surface area contributed by atoms with E-state index in [-0.39, 0.29) is 5.78 Å². The van der Waals surface area contributed by atoms with Gasteiger partial charge in [-0.2, -0.15) is 5.10 Å². The number of ketones is 1. The first-order chi connectivity index (χ1) is 16.4. The van der Waals surface area contributed by atoms with Crippen LogP contribution in [0.5, 0.6) is 0 Å². The zero-order chi connectivity index (χ0) is 25.3. The summed E-state index contributed by atoms with van der Waals surface area (Å²) in [5.41, 5.74) is -0.933. The van der Waals surface area contributed by atoms with Crippen molar-refractivity contribution in [1.29, 1.82) is 0 Å². The highest BCUT2D eigenvalue weighted by molar-refractivity contribution is 6.07. The van der Waals surface area contributed by atoms with Crippen LogP contribution in [0.25, 0.3) is 0 Å². The van der Waals surface area contributed by atoms with Crippen molar-refractivity contribution in [3.63, 3.8) is 0 Å². The molecular formula is C27H27FN2O5. The Hall–Kier alpha value is -3.55. The third-order valence-corrected chi connectivity index (χ3v) is 7.00. The molecule has 7 nitrogen and oxygen atoms in total. The van der Waals surface area contributed by atoms with Crippen molar-refractivity contribution >= 4 is 23.9 Å². The van der Waals surface area contributed by atoms with Crippen LogP contribution in [0.15, 0.2) is 53.6 Å². The summed E-state index contributed by atoms with van der Waals surface area (Å²) in [4.78, 5) is 41.9. The molecule has 0 amide bonds. The van der Waals surface area contributed by atoms with Crippen molar-refractivity contribution < 1.29 is 28.2 Å². The first-order valence-corrected chi connectivity index (χ1v) is 11.6. The second kappa shape index (κ2) is 7.47. The lowest BCUT2D eigenvalue weighted by Gasteiger charge is -2.44. The maximum atomic E-state index is 14.0. The van der Waals surface area contributed by atoms with Crippen LogP contribution in [0, 0.1) is 16.6 Å². The molecule has 2 aromatic rings. The van der Waals surface area contributed by atoms with Crippen LogP contribution in [-0.2, 0) is 23.9 Å². The number of cyclic esters (lactones) is 2. The largest absolute Gasteiger partial charge is 0.422 e. The van der Waals surface area contributed by atoms with Gasteiger partial charge in [0, 0.05) is 25.2 Å². The molecular weight excluding hydrogens is 451 g/mol. The van der Waals surface area contributed by atoms with E-state index in [1.807, 2.05) is 18.2 Å². The number of halogens is 1. The number of rotatable bonds is 2. The van der Waals surface area contributed by atoms with E-state index in [0.717, 1.165) is 5.56 Å². The van der Waals surface area contributed by atoms with E-state index in [1.54, 1.807) is 38.1 Å². The molecule has 0 saturated carbocycles. The van der Waals surface area contributed by atoms with Crippen LogP contribution in [-0.4, -0.2) is 40.8 Å². The molecule has 1 spiro atoms. The molecule has 0 radical (unpaired) electrons. The Kier molecular flexibility index (Phi) is 4.95. The minimum absolute atomic E-state index is 0.212. The molecule has 35 heavy (non-hydrogen) atoms. The van der Waals surface area contributed by atoms with Crippen LogP contribution >= 0.6 is 0 Å². The first-order valence-electron chi connectivity index (χ1n) is 11.6. The molecule has 3 atom stereocenters. The third-order valence-electron chi connectivity index (χ3n) is 7.00. The molecule has 2 fully saturated rings. The molecule has 3 heterocycles. The predicted molar refractivity (Wildman–Crippen MR) is 125 cm³/mol. The second-order valence-corrected chi connectivity index (χ2v) is 10.8. The molecule has 3 aliphatic heterocycles. The Balaban J connectivity index is 1.85. The van der Waals surface area contributed by atoms with Gasteiger partial charge >= 0.3 is 11.9 Å². The van der Waals surface area contributed by atoms with Crippen molar-refractivity contribution in [2.24, 2.45) is 15.9 Å². The van der Waals surface area contributed by atoms with Gasteiger partial charge in [-0.1, -0.05) is 57.2 Å². The Labute approximate surface area is 202 Å². The van der Waals surface area contributed by atoms with E-state index in [0.29, 0.717) is 11.1 Å². The quantitative estimate of drug-likeness (QED) is 0.477. The molecule has 0 unspecified atom stereocenters. The normalized spacial score (nSPS) is 26.1. The smallest absolute Gasteiger partial charge is 0.330 e. The van der Waals surface area contributed by atoms with Gasteiger partial charge in [-0.15, -0.1) is 0 Å². The van der Waals surface area contributed by atoms with Gasteiger partial charge in [0.05, 0.1) is 6.21 Å². The minimum Gasteiger partial charge on any atom is -0.422 e. The standard InChI is InChI=1S/C27H27FN2O5/c1-25(2,3)22(31)20-19(15-10-12-17(28)13-11-15)27(23(32)34-26(4,5)35-24(27)33)21-18-9-7-6-8-16(18)14-29-30(20)21/h6-14,19-21H,1-5H3/t19-,20-,21-/m1/s1. The fourth-order valence-corrected chi connectivity index (χ4v) is 5.50. The summed E-state index contributed by atoms with van der Waals surface area (Å²) < 4.78 is 25.3. The highest BCUT2D eigenvalue weighted by Gasteiger charge is 2.75. The van der Waals surface area contributed by atoms with Gasteiger partial charge in [-0.3, -0.25) is 19.4 Å². The molecule has 2 saturated heterocycles. The summed E-state index contributed by atoms with van der Waals surface area (Å²) in [5.74, 6) is -4.77. The summed E-state index contributed by atoms with van der Waals surface area (Å²) in [5, 5.41) is 6.14. The Morgan fingerprint density at radius 2 is 1.60 bits per heavy atom. The van der Waals surface area contributed by atoms with Crippen LogP contribution in [0.3, 0.4) is 0 Å². The van der Waals surface area contributed by atoms with Gasteiger partial charge in [0.25, 0.3) is 5.79 Å². The number of Topliss-reactive ketones (excluding diaryl/α,β-unsaturated/α-hetero) is 1. The topological polar surface area (TPSA) is 85.3 Å². The highest BCUT2D eigenvalue weighted by Crippen LogP contribution is 2.63. The average molecular weight is 479 g/mol. The van der Waals surface area contributed by atoms with E-state index in [1.165, 1.54) is 38.1 Å². The number of carbonyl (C=O) groups excluding carboxylic acids is 3. The van der Waals surface area contributed by atoms with Crippen molar-refractivity contribution in [1.82, 2.24) is 5.01 Å². The number of ether oxygens (including phenoxy) is 2. The van der Waals surface area contributed by atoms with Crippen molar-refractivity contribution in [2.45, 2.75) is 58.4 Å². The van der Waals surface area contributed by atoms with E-state index in [4.69, 9.17) is 9.47 Å². The maximum absolute atomic E-state index is 14.0. The number of nitrogens with zero attached hydrogens (tertiary/aromatic N) is 2. The monoisotopic (exact) mass is 478 g/mol. The summed E-state index contributed by atoms with van der Waals surface area (Å²) >= 11 is 0. The van der Waals surface area contributed by atoms with Gasteiger partial charge in [0.1, 0.15) is 17.9 Å². The highest BCUT2D eigenvalue weighted by atomic mass is 19.1. The van der Waals surface area contributed by atoms with Gasteiger partial charge in [0.15, 0.2) is 5.78 Å². The number of fused-ring (bicyclic) bond motifs is 4. The van der Waals surface area contributed by atoms with Crippen molar-refractivity contribution in [3.05, 3.63) is 71.0 Å². The third kappa shape index (κ3) is 3.30. The Morgan fingerprint density at radius 3 is 2.20 bits per heavy atom. The van der Waals surface area contributed by atoms with Crippen LogP contribution in [0.1, 0.15) is 63.3 Å². The second-order valence-electron chi connectivity index (χ2n) is 10.8. The molecule has 2 aromatic carbocycles. The van der Waals surface area contributed by atoms with Crippen molar-refractivity contribution in [2.75, 3.05) is 0 Å². The molecule has 0 bridgehead atoms. The minimum atomic E-state index is -1.94. The maximum Gasteiger partial charge on any atom is 0.330 e. The van der Waals surface area contributed by atoms with Gasteiger partial charge < -0.3 is 9.47 Å². The fraction of sp³-hybridized carbons (Fsp3) is 0.407. The summed E-state index contributed by atoms with van der Waals surface area (Å²) in [6.45, 7) is 8.30. The first kappa shape index (κ1) is 23.2. The van der Waals surface area contributed by atoms with Crippen molar-refractivity contribution in [3.8, 4) is 0 Å². The van der Waals surface area contributed by atoms with E-state index in [2.05, 4.69) is 5.10 Å². The van der Waals surface area contributed by atoms with Crippen LogP contribution in [0.2, 0.25) is 0 Å². The van der Waals surface area contributed by atoms with Crippen LogP contribution in [0.4, 0.5) is 4.39 Å². The summed E-state index contributed by atoms with van der Waals surface area (Å²) in [7, 11) is 0. The zero-order valence-electron chi connectivity index (χ0n) is 20.2. The average Bonchev–Trinajstić information content (AvgIpc) is 3.09. The summed E-state index contributed by atoms with van der Waals surface area (Å²) in [6.07, 6.45) is 1.62. The number of benzene rings is 2. The lowest BCUT2D eigenvalue weighted by Crippen LogP contribution is -2.58. The molecule has 0 aromatic heterocycles. The molecule has 5 rings (SSSR count). The molecule has 0 N–H and O–H groups in total. The number of carbonyl (C=O) groups is 3. The van der Waals surface area contributed by atoms with Gasteiger partial charge in [0.2, 0.25) is 5.41 Å². The molecule has 8 heteroatoms. The van der Waals surface area contributed by atoms with E-state index < -0.39 is 52.4 Å². The summed E-state index contributed by atoms with van der Waals surface area (Å²) in [6, 6.07) is 10.8. The number of hydrazone groups is 1. The zero-order valence-corrected chi connectivity index (χ0v) is 20.2. The Morgan fingerprint density at radius 1 is 1.00 bits per heavy atom. The van der Waals surface area contributed by atoms with E-state index >= 15 is 0 Å². The molecule has 3 aliphatic rings. The number of hydrogen-bond donors (Lipinski definition) is 0. The van der Waals surface area contributed by atoms with Crippen LogP contribution < -0.4 is 0 Å². The lowest BCUT2D eigenvalue weighted by molar-refractivity contribution is -0.254. The molecule has 182 valence electrons. The SMILES string of the molecule is CC1(C)OC(=O)C2(C(=O)O1)[C@H](c1ccc(F)cc1)[C@H](C(=O)C(C)(C)C)N1N=Cc3ccccc3[C@@H]12. The Bertz CT molecular complexity index is 1240.